The molecule has 1 aliphatic rings. The van der Waals surface area contributed by atoms with Crippen LogP contribution in [0.25, 0.3) is 0 Å². The van der Waals surface area contributed by atoms with Gasteiger partial charge in [0.2, 0.25) is 5.91 Å². The van der Waals surface area contributed by atoms with Gasteiger partial charge in [-0.15, -0.1) is 0 Å². The van der Waals surface area contributed by atoms with Crippen LogP contribution in [0.4, 0.5) is 19.0 Å². The highest BCUT2D eigenvalue weighted by Gasteiger charge is 2.33. The standard InChI is InChI=1S/C20H20F3N3O4/c21-20(22,23)14-6-8-17(27)26(11-14)15(9-12-3-1-2-4-12)18(28)25-16-7-5-13(10-24-16)19(29)30/h5-8,10-12,15H,1-4,9H2,(H,29,30)(H,24,25,28)/t15-/m0/s1. The van der Waals surface area contributed by atoms with Gasteiger partial charge in [-0.3, -0.25) is 9.59 Å². The number of pyridine rings is 2. The molecule has 1 aliphatic carbocycles. The van der Waals surface area contributed by atoms with E-state index in [2.05, 4.69) is 10.3 Å². The number of carboxylic acid groups (broad SMARTS) is 1. The summed E-state index contributed by atoms with van der Waals surface area (Å²) in [6.07, 6.45) is 0.899. The van der Waals surface area contributed by atoms with Crippen LogP contribution in [0.15, 0.2) is 41.5 Å². The van der Waals surface area contributed by atoms with Crippen LogP contribution in [0.3, 0.4) is 0 Å². The second-order valence-electron chi connectivity index (χ2n) is 7.29. The molecule has 0 bridgehead atoms. The third kappa shape index (κ3) is 5.05. The van der Waals surface area contributed by atoms with Gasteiger partial charge in [0, 0.05) is 18.5 Å². The summed E-state index contributed by atoms with van der Waals surface area (Å²) in [5, 5.41) is 11.4. The van der Waals surface area contributed by atoms with Crippen molar-refractivity contribution in [1.29, 1.82) is 0 Å². The molecule has 160 valence electrons. The zero-order chi connectivity index (χ0) is 21.9. The molecule has 0 unspecified atom stereocenters. The molecule has 7 nitrogen and oxygen atoms in total. The molecule has 2 heterocycles. The van der Waals surface area contributed by atoms with E-state index in [0.717, 1.165) is 42.5 Å². The highest BCUT2D eigenvalue weighted by molar-refractivity contribution is 5.93. The third-order valence-corrected chi connectivity index (χ3v) is 5.20. The minimum Gasteiger partial charge on any atom is -0.478 e. The van der Waals surface area contributed by atoms with Gasteiger partial charge in [-0.1, -0.05) is 25.7 Å². The van der Waals surface area contributed by atoms with Gasteiger partial charge in [-0.2, -0.15) is 13.2 Å². The van der Waals surface area contributed by atoms with Crippen LogP contribution in [0.2, 0.25) is 0 Å². The van der Waals surface area contributed by atoms with E-state index >= 15 is 0 Å². The molecule has 3 rings (SSSR count). The van der Waals surface area contributed by atoms with Crippen molar-refractivity contribution in [3.8, 4) is 0 Å². The number of aromatic nitrogens is 2. The van der Waals surface area contributed by atoms with E-state index in [1.54, 1.807) is 0 Å². The molecule has 0 aromatic carbocycles. The average molecular weight is 423 g/mol. The van der Waals surface area contributed by atoms with Gasteiger partial charge >= 0.3 is 12.1 Å². The van der Waals surface area contributed by atoms with Crippen molar-refractivity contribution >= 4 is 17.7 Å². The summed E-state index contributed by atoms with van der Waals surface area (Å²) in [6.45, 7) is 0. The van der Waals surface area contributed by atoms with Crippen LogP contribution >= 0.6 is 0 Å². The summed E-state index contributed by atoms with van der Waals surface area (Å²) >= 11 is 0. The number of halogens is 3. The van der Waals surface area contributed by atoms with Crippen molar-refractivity contribution in [3.63, 3.8) is 0 Å². The average Bonchev–Trinajstić information content (AvgIpc) is 3.19. The number of rotatable bonds is 6. The van der Waals surface area contributed by atoms with Gasteiger partial charge in [0.1, 0.15) is 11.9 Å². The fourth-order valence-electron chi connectivity index (χ4n) is 3.63. The van der Waals surface area contributed by atoms with Crippen LogP contribution in [0.5, 0.6) is 0 Å². The molecule has 0 saturated heterocycles. The van der Waals surface area contributed by atoms with Gasteiger partial charge < -0.3 is 15.0 Å². The van der Waals surface area contributed by atoms with Crippen LogP contribution in [0.1, 0.15) is 54.1 Å². The quantitative estimate of drug-likeness (QED) is 0.738. The first kappa shape index (κ1) is 21.5. The molecule has 2 aromatic rings. The van der Waals surface area contributed by atoms with Crippen LogP contribution < -0.4 is 10.9 Å². The second-order valence-corrected chi connectivity index (χ2v) is 7.29. The van der Waals surface area contributed by atoms with Crippen molar-refractivity contribution in [2.45, 2.75) is 44.3 Å². The number of alkyl halides is 3. The number of nitrogens with one attached hydrogen (secondary N) is 1. The maximum Gasteiger partial charge on any atom is 0.417 e. The van der Waals surface area contributed by atoms with E-state index in [0.29, 0.717) is 12.3 Å². The summed E-state index contributed by atoms with van der Waals surface area (Å²) in [6, 6.07) is 2.87. The molecule has 1 fully saturated rings. The molecule has 0 aliphatic heterocycles. The number of anilines is 1. The molecule has 1 atom stereocenters. The molecule has 1 amide bonds. The van der Waals surface area contributed by atoms with Crippen LogP contribution in [-0.4, -0.2) is 26.5 Å². The lowest BCUT2D eigenvalue weighted by atomic mass is 9.97. The molecule has 0 radical (unpaired) electrons. The first-order chi connectivity index (χ1) is 14.1. The van der Waals surface area contributed by atoms with E-state index in [4.69, 9.17) is 5.11 Å². The lowest BCUT2D eigenvalue weighted by molar-refractivity contribution is -0.138. The predicted molar refractivity (Wildman–Crippen MR) is 101 cm³/mol. The first-order valence-electron chi connectivity index (χ1n) is 9.45. The van der Waals surface area contributed by atoms with E-state index in [9.17, 15) is 27.6 Å². The Balaban J connectivity index is 1.91. The van der Waals surface area contributed by atoms with Crippen LogP contribution in [-0.2, 0) is 11.0 Å². The van der Waals surface area contributed by atoms with Crippen molar-refractivity contribution in [1.82, 2.24) is 9.55 Å². The second kappa shape index (κ2) is 8.68. The lowest BCUT2D eigenvalue weighted by Crippen LogP contribution is -2.35. The van der Waals surface area contributed by atoms with Gasteiger partial charge in [-0.05, 0) is 30.5 Å². The number of carbonyl (C=O) groups excluding carboxylic acids is 1. The van der Waals surface area contributed by atoms with Crippen molar-refractivity contribution in [3.05, 3.63) is 58.1 Å². The van der Waals surface area contributed by atoms with Crippen LogP contribution in [0, 0.1) is 5.92 Å². The maximum atomic E-state index is 13.1. The Hall–Kier alpha value is -3.17. The highest BCUT2D eigenvalue weighted by atomic mass is 19.4. The Morgan fingerprint density at radius 2 is 1.90 bits per heavy atom. The number of aromatic carboxylic acids is 1. The monoisotopic (exact) mass is 423 g/mol. The first-order valence-corrected chi connectivity index (χ1v) is 9.45. The smallest absolute Gasteiger partial charge is 0.417 e. The van der Waals surface area contributed by atoms with Gasteiger partial charge in [0.25, 0.3) is 5.56 Å². The Labute approximate surface area is 169 Å². The number of hydrogen-bond acceptors (Lipinski definition) is 4. The normalized spacial score (nSPS) is 15.7. The minimum absolute atomic E-state index is 0.0430. The summed E-state index contributed by atoms with van der Waals surface area (Å²) in [5.41, 5.74) is -1.81. The Bertz CT molecular complexity index is 980. The summed E-state index contributed by atoms with van der Waals surface area (Å²) in [5.74, 6) is -1.71. The topological polar surface area (TPSA) is 101 Å². The van der Waals surface area contributed by atoms with E-state index in [1.165, 1.54) is 12.1 Å². The van der Waals surface area contributed by atoms with E-state index in [-0.39, 0.29) is 23.7 Å². The molecule has 10 heteroatoms. The number of nitrogens with zero attached hydrogens (tertiary/aromatic N) is 2. The predicted octanol–water partition coefficient (Wildman–Crippen LogP) is 3.72. The van der Waals surface area contributed by atoms with Gasteiger partial charge in [-0.25, -0.2) is 9.78 Å². The molecule has 2 N–H and O–H groups in total. The molecule has 30 heavy (non-hydrogen) atoms. The fourth-order valence-corrected chi connectivity index (χ4v) is 3.63. The van der Waals surface area contributed by atoms with Gasteiger partial charge in [0.15, 0.2) is 0 Å². The minimum atomic E-state index is -4.65. The van der Waals surface area contributed by atoms with Crippen molar-refractivity contribution in [2.75, 3.05) is 5.32 Å². The highest BCUT2D eigenvalue weighted by Crippen LogP contribution is 2.33. The summed E-state index contributed by atoms with van der Waals surface area (Å²) in [7, 11) is 0. The van der Waals surface area contributed by atoms with Gasteiger partial charge in [0.05, 0.1) is 11.1 Å². The Kier molecular flexibility index (Phi) is 6.23. The van der Waals surface area contributed by atoms with Crippen molar-refractivity contribution < 1.29 is 27.9 Å². The fraction of sp³-hybridized carbons (Fsp3) is 0.400. The molecular weight excluding hydrogens is 403 g/mol. The SMILES string of the molecule is O=C(O)c1ccc(NC(=O)[C@H](CC2CCCC2)n2cc(C(F)(F)F)ccc2=O)nc1. The number of carboxylic acids is 1. The number of carbonyl (C=O) groups is 2. The zero-order valence-corrected chi connectivity index (χ0v) is 15.9. The lowest BCUT2D eigenvalue weighted by Gasteiger charge is -2.23. The van der Waals surface area contributed by atoms with E-state index < -0.39 is 35.2 Å². The Morgan fingerprint density at radius 1 is 1.20 bits per heavy atom. The number of amides is 1. The number of hydrogen-bond donors (Lipinski definition) is 2. The largest absolute Gasteiger partial charge is 0.478 e. The summed E-state index contributed by atoms with van der Waals surface area (Å²) < 4.78 is 40.3. The molecule has 1 saturated carbocycles. The Morgan fingerprint density at radius 3 is 2.47 bits per heavy atom. The maximum absolute atomic E-state index is 13.1. The van der Waals surface area contributed by atoms with Crippen molar-refractivity contribution in [2.24, 2.45) is 5.92 Å². The van der Waals surface area contributed by atoms with E-state index in [1.807, 2.05) is 0 Å². The molecular formula is C20H20F3N3O4. The molecule has 2 aromatic heterocycles. The zero-order valence-electron chi connectivity index (χ0n) is 15.9. The third-order valence-electron chi connectivity index (χ3n) is 5.20. The molecule has 0 spiro atoms. The summed E-state index contributed by atoms with van der Waals surface area (Å²) in [4.78, 5) is 40.0.